The number of hydrogen-bond acceptors (Lipinski definition) is 21. The molecule has 626 valence electrons. The summed E-state index contributed by atoms with van der Waals surface area (Å²) in [5, 5.41) is 25.8. The van der Waals surface area contributed by atoms with Crippen LogP contribution in [0, 0.1) is 0 Å². The molecule has 4 aliphatic rings. The Bertz CT molecular complexity index is 5300. The third kappa shape index (κ3) is 21.0. The van der Waals surface area contributed by atoms with E-state index in [9.17, 15) is 15.9 Å². The molecule has 3 aliphatic heterocycles. The van der Waals surface area contributed by atoms with Crippen LogP contribution in [0.4, 0.5) is 0 Å². The molecule has 11 aromatic rings. The SMILES string of the molecule is [N-]=[N+]=NCc1ccccc1C(=O)O[C@@H]1C(O[C@@H]2[C@H](OCc3ccccc3)[C@@H](OCc3ccccc3)[C@H](OCc3ccccc3)[C@](O)(C3O[C@@H]4COC(c5ccccc5)O[C@H]4[C@H](OCc4ccccc4)[C@@H]3OC(=O)c3ccccc3CN=[N+]=[N-])[C@@H]2OCc2cccc3ccccc23)O[C@H](COC(=O)CCl)[C@@H](OCc2ccccc2)[C@@H]1OCc1ccccc1. The lowest BCUT2D eigenvalue weighted by atomic mass is 9.68. The predicted molar refractivity (Wildman–Crippen MR) is 448 cm³/mol. The molecule has 3 saturated heterocycles. The molecule has 0 aromatic heterocycles. The number of esters is 3. The zero-order valence-electron chi connectivity index (χ0n) is 66.4. The van der Waals surface area contributed by atoms with Gasteiger partial charge in [0.2, 0.25) is 0 Å². The van der Waals surface area contributed by atoms with Crippen LogP contribution in [0.5, 0.6) is 0 Å². The third-order valence-electron chi connectivity index (χ3n) is 22.0. The average molecular weight is 1670 g/mol. The first kappa shape index (κ1) is 85.5. The molecule has 0 spiro atoms. The van der Waals surface area contributed by atoms with Gasteiger partial charge in [0.25, 0.3) is 0 Å². The second kappa shape index (κ2) is 42.3. The van der Waals surface area contributed by atoms with Crippen LogP contribution in [0.25, 0.3) is 31.7 Å². The molecule has 26 heteroatoms. The van der Waals surface area contributed by atoms with E-state index in [4.69, 9.17) is 82.7 Å². The summed E-state index contributed by atoms with van der Waals surface area (Å²) in [6, 6.07) is 91.6. The number of alkyl halides is 1. The van der Waals surface area contributed by atoms with Crippen LogP contribution in [0.1, 0.15) is 82.6 Å². The summed E-state index contributed by atoms with van der Waals surface area (Å²) in [7, 11) is 0. The molecule has 1 aliphatic carbocycles. The van der Waals surface area contributed by atoms with Gasteiger partial charge in [-0.15, -0.1) is 11.6 Å². The number of halogens is 1. The fourth-order valence-corrected chi connectivity index (χ4v) is 16.2. The minimum Gasteiger partial charge on any atom is -0.462 e. The lowest BCUT2D eigenvalue weighted by molar-refractivity contribution is -0.399. The molecule has 17 atom stereocenters. The van der Waals surface area contributed by atoms with Crippen molar-refractivity contribution in [2.75, 3.05) is 19.1 Å². The summed E-state index contributed by atoms with van der Waals surface area (Å²) in [4.78, 5) is 51.9. The van der Waals surface area contributed by atoms with Gasteiger partial charge in [-0.05, 0) is 84.0 Å². The Kier molecular flexibility index (Phi) is 29.6. The van der Waals surface area contributed by atoms with Gasteiger partial charge in [0.05, 0.1) is 77.1 Å². The number of azide groups is 2. The minimum absolute atomic E-state index is 0.00890. The van der Waals surface area contributed by atoms with E-state index in [1.54, 1.807) is 36.4 Å². The summed E-state index contributed by atoms with van der Waals surface area (Å²) < 4.78 is 110. The lowest BCUT2D eigenvalue weighted by Crippen LogP contribution is -2.81. The molecule has 0 bridgehead atoms. The summed E-state index contributed by atoms with van der Waals surface area (Å²) in [5.41, 5.74) is 22.6. The number of benzene rings is 11. The molecule has 0 amide bonds. The molecule has 25 nitrogen and oxygen atoms in total. The van der Waals surface area contributed by atoms with E-state index in [0.29, 0.717) is 55.6 Å². The van der Waals surface area contributed by atoms with Crippen molar-refractivity contribution >= 4 is 40.3 Å². The van der Waals surface area contributed by atoms with E-state index in [-0.39, 0.29) is 77.1 Å². The number of carbonyl (C=O) groups excluding carboxylic acids is 3. The Morgan fingerprint density at radius 1 is 0.418 bits per heavy atom. The van der Waals surface area contributed by atoms with Crippen LogP contribution in [0.3, 0.4) is 0 Å². The largest absolute Gasteiger partial charge is 0.462 e. The summed E-state index contributed by atoms with van der Waals surface area (Å²) in [6.45, 7) is -2.62. The Hall–Kier alpha value is -11.5. The fraction of sp³-hybridized carbons (Fsp3) is 0.302. The Balaban J connectivity index is 0.995. The second-order valence-corrected chi connectivity index (χ2v) is 30.1. The van der Waals surface area contributed by atoms with E-state index >= 15 is 14.7 Å². The van der Waals surface area contributed by atoms with Gasteiger partial charge in [-0.2, -0.15) is 0 Å². The van der Waals surface area contributed by atoms with E-state index in [1.165, 1.54) is 12.1 Å². The van der Waals surface area contributed by atoms with Gasteiger partial charge in [-0.25, -0.2) is 9.59 Å². The Labute approximate surface area is 710 Å². The van der Waals surface area contributed by atoms with E-state index in [2.05, 4.69) is 20.1 Å². The van der Waals surface area contributed by atoms with Crippen LogP contribution < -0.4 is 0 Å². The maximum absolute atomic E-state index is 16.4. The predicted octanol–water partition coefficient (Wildman–Crippen LogP) is 16.8. The normalized spacial score (nSPS) is 24.9. The van der Waals surface area contributed by atoms with Crippen LogP contribution in [0.2, 0.25) is 0 Å². The second-order valence-electron chi connectivity index (χ2n) is 29.8. The number of hydrogen-bond donors (Lipinski definition) is 1. The smallest absolute Gasteiger partial charge is 0.338 e. The number of nitrogens with zero attached hydrogens (tertiary/aromatic N) is 6. The molecular weight excluding hydrogens is 1580 g/mol. The Morgan fingerprint density at radius 2 is 0.828 bits per heavy atom. The van der Waals surface area contributed by atoms with Gasteiger partial charge in [0.15, 0.2) is 30.4 Å². The highest BCUT2D eigenvalue weighted by atomic mass is 35.5. The quantitative estimate of drug-likeness (QED) is 0.00952. The molecule has 122 heavy (non-hydrogen) atoms. The number of carbonyl (C=O) groups is 3. The molecule has 1 N–H and O–H groups in total. The van der Waals surface area contributed by atoms with E-state index < -0.39 is 134 Å². The van der Waals surface area contributed by atoms with E-state index in [0.717, 1.165) is 10.8 Å². The van der Waals surface area contributed by atoms with Gasteiger partial charge < -0.3 is 76.2 Å². The number of ether oxygens (including phenoxy) is 15. The van der Waals surface area contributed by atoms with Gasteiger partial charge >= 0.3 is 17.9 Å². The fourth-order valence-electron chi connectivity index (χ4n) is 16.1. The summed E-state index contributed by atoms with van der Waals surface area (Å²) >= 11 is 6.27. The molecule has 4 fully saturated rings. The molecule has 15 rings (SSSR count). The zero-order chi connectivity index (χ0) is 83.8. The van der Waals surface area contributed by atoms with Crippen molar-refractivity contribution < 1.29 is 90.5 Å². The maximum Gasteiger partial charge on any atom is 0.338 e. The van der Waals surface area contributed by atoms with Crippen molar-refractivity contribution in [2.24, 2.45) is 10.2 Å². The monoisotopic (exact) mass is 1670 g/mol. The average Bonchev–Trinajstić information content (AvgIpc) is 0.704. The number of aliphatic hydroxyl groups is 1. The lowest BCUT2D eigenvalue weighted by Gasteiger charge is -2.60. The van der Waals surface area contributed by atoms with Gasteiger partial charge in [0, 0.05) is 15.4 Å². The number of fused-ring (bicyclic) bond motifs is 2. The highest BCUT2D eigenvalue weighted by molar-refractivity contribution is 6.26. The van der Waals surface area contributed by atoms with Gasteiger partial charge in [0.1, 0.15) is 85.7 Å². The van der Waals surface area contributed by atoms with Crippen molar-refractivity contribution in [3.8, 4) is 0 Å². The van der Waals surface area contributed by atoms with Crippen LogP contribution in [-0.4, -0.2) is 139 Å². The standard InChI is InChI=1S/C96H91ClN6O19/c97-51-79(104)108-61-77-80(109-54-63-29-8-1-9-30-63)82(110-55-64-31-10-2-11-32-64)88(120-93(106)76-50-27-24-45-72(76)53-101-103-99)95(118-77)122-86-84(112-57-66-35-14-4-15-36-66)85(113-58-67-37-16-5-17-38-67)89(114-59-68-39-18-6-19-40-68)96(107,90(86)115-60-73-47-28-46-69-41-22-25-48-74(69)73)91-87(119-92(105)75-49-26-23-44-71(75)52-100-102-98)83(111-56-65-33-12-3-13-34-65)81-78(117-91)62-116-94(121-81)70-42-20-7-21-43-70/h1-50,77-78,80-91,94-95,107H,51-62H2/t77-,78-,80-,81-,82+,83+,84-,85-,86-,87+,88+,89+,90-,91?,94?,95?,96-/m1/s1. The van der Waals surface area contributed by atoms with Crippen LogP contribution in [-0.2, 0) is 135 Å². The first-order valence-corrected chi connectivity index (χ1v) is 40.9. The van der Waals surface area contributed by atoms with Crippen molar-refractivity contribution in [1.29, 1.82) is 0 Å². The van der Waals surface area contributed by atoms with Gasteiger partial charge in [-0.3, -0.25) is 4.79 Å². The molecule has 3 unspecified atom stereocenters. The summed E-state index contributed by atoms with van der Waals surface area (Å²) in [5.74, 6) is -3.30. The Morgan fingerprint density at radius 3 is 1.34 bits per heavy atom. The van der Waals surface area contributed by atoms with Gasteiger partial charge in [-0.1, -0.05) is 301 Å². The first-order valence-electron chi connectivity index (χ1n) is 40.3. The molecular formula is C96H91ClN6O19. The topological polar surface area (TPSA) is 307 Å². The molecule has 11 aromatic carbocycles. The molecule has 1 saturated carbocycles. The molecule has 0 radical (unpaired) electrons. The highest BCUT2D eigenvalue weighted by Gasteiger charge is 2.71. The molecule has 3 heterocycles. The van der Waals surface area contributed by atoms with Crippen LogP contribution in [0.15, 0.2) is 314 Å². The van der Waals surface area contributed by atoms with Crippen molar-refractivity contribution in [3.05, 3.63) is 391 Å². The van der Waals surface area contributed by atoms with Crippen molar-refractivity contribution in [3.63, 3.8) is 0 Å². The third-order valence-corrected chi connectivity index (χ3v) is 22.2. The summed E-state index contributed by atoms with van der Waals surface area (Å²) in [6.07, 6.45) is -25.4. The van der Waals surface area contributed by atoms with E-state index in [1.807, 2.05) is 255 Å². The minimum atomic E-state index is -2.90. The van der Waals surface area contributed by atoms with Crippen molar-refractivity contribution in [1.82, 2.24) is 0 Å². The van der Waals surface area contributed by atoms with Crippen LogP contribution >= 0.6 is 11.6 Å². The zero-order valence-corrected chi connectivity index (χ0v) is 67.2. The highest BCUT2D eigenvalue weighted by Crippen LogP contribution is 2.50. The van der Waals surface area contributed by atoms with Crippen molar-refractivity contribution in [2.45, 2.75) is 163 Å². The maximum atomic E-state index is 16.4. The number of rotatable bonds is 36. The first-order chi connectivity index (χ1) is 60.0.